The first kappa shape index (κ1) is 30.8. The number of hydrogen-bond donors (Lipinski definition) is 1. The number of carbonyl (C=O) groups is 2. The third-order valence-electron chi connectivity index (χ3n) is 5.71. The van der Waals surface area contributed by atoms with E-state index in [2.05, 4.69) is 5.32 Å². The highest BCUT2D eigenvalue weighted by Gasteiger charge is 2.33. The Morgan fingerprint density at radius 3 is 2.13 bits per heavy atom. The summed E-state index contributed by atoms with van der Waals surface area (Å²) in [7, 11) is 0.507. The van der Waals surface area contributed by atoms with E-state index in [9.17, 15) is 18.0 Å². The van der Waals surface area contributed by atoms with Gasteiger partial charge < -0.3 is 24.4 Å². The van der Waals surface area contributed by atoms with Gasteiger partial charge in [-0.2, -0.15) is 0 Å². The molecule has 1 atom stereocenters. The number of benzene rings is 2. The summed E-state index contributed by atoms with van der Waals surface area (Å²) in [6.45, 7) is 6.90. The second-order valence-corrected chi connectivity index (χ2v) is 11.8. The Kier molecular flexibility index (Phi) is 10.4. The highest BCUT2D eigenvalue weighted by Crippen LogP contribution is 2.34. The van der Waals surface area contributed by atoms with Crippen molar-refractivity contribution in [3.63, 3.8) is 0 Å². The number of ether oxygens (including phenoxy) is 3. The quantitative estimate of drug-likeness (QED) is 0.432. The van der Waals surface area contributed by atoms with Gasteiger partial charge in [-0.25, -0.2) is 8.42 Å². The maximum Gasteiger partial charge on any atom is 0.244 e. The van der Waals surface area contributed by atoms with Gasteiger partial charge in [-0.05, 0) is 57.0 Å². The molecular formula is C27H39N3O7S. The molecule has 0 aliphatic rings. The van der Waals surface area contributed by atoms with Crippen LogP contribution in [-0.2, 0) is 26.2 Å². The molecular weight excluding hydrogens is 510 g/mol. The molecule has 0 unspecified atom stereocenters. The van der Waals surface area contributed by atoms with Crippen molar-refractivity contribution in [2.45, 2.75) is 52.2 Å². The molecule has 0 aliphatic heterocycles. The number of rotatable bonds is 12. The minimum Gasteiger partial charge on any atom is -0.497 e. The molecule has 0 fully saturated rings. The zero-order valence-electron chi connectivity index (χ0n) is 23.4. The van der Waals surface area contributed by atoms with Crippen LogP contribution < -0.4 is 23.8 Å². The lowest BCUT2D eigenvalue weighted by Gasteiger charge is -2.34. The number of methoxy groups -OCH3 is 3. The maximum absolute atomic E-state index is 13.9. The normalized spacial score (nSPS) is 12.3. The van der Waals surface area contributed by atoms with E-state index in [1.54, 1.807) is 38.3 Å². The highest BCUT2D eigenvalue weighted by atomic mass is 32.2. The molecule has 2 aromatic rings. The lowest BCUT2D eigenvalue weighted by molar-refractivity contribution is -0.141. The average Bonchev–Trinajstić information content (AvgIpc) is 2.85. The molecule has 0 aliphatic carbocycles. The lowest BCUT2D eigenvalue weighted by Crippen LogP contribution is -2.55. The predicted octanol–water partition coefficient (Wildman–Crippen LogP) is 3.20. The zero-order valence-corrected chi connectivity index (χ0v) is 24.2. The van der Waals surface area contributed by atoms with E-state index in [-0.39, 0.29) is 23.9 Å². The summed E-state index contributed by atoms with van der Waals surface area (Å²) in [6.07, 6.45) is 1.34. The Morgan fingerprint density at radius 2 is 1.61 bits per heavy atom. The summed E-state index contributed by atoms with van der Waals surface area (Å²) in [5.41, 5.74) is 0.384. The molecule has 0 bridgehead atoms. The molecule has 0 spiro atoms. The summed E-state index contributed by atoms with van der Waals surface area (Å²) in [5, 5.41) is 2.94. The summed E-state index contributed by atoms with van der Waals surface area (Å²) in [6, 6.07) is 11.0. The van der Waals surface area contributed by atoms with Crippen molar-refractivity contribution in [3.05, 3.63) is 48.0 Å². The largest absolute Gasteiger partial charge is 0.497 e. The number of hydrogen-bond acceptors (Lipinski definition) is 7. The highest BCUT2D eigenvalue weighted by molar-refractivity contribution is 7.92. The first-order chi connectivity index (χ1) is 17.7. The van der Waals surface area contributed by atoms with E-state index < -0.39 is 34.1 Å². The molecule has 0 radical (unpaired) electrons. The van der Waals surface area contributed by atoms with Crippen LogP contribution in [0.2, 0.25) is 0 Å². The molecule has 0 saturated heterocycles. The standard InChI is InChI=1S/C27H39N3O7S/c1-9-22(26(32)28-27(2,3)4)29(17-19-11-10-12-20(15-19)35-5)25(31)18-30(38(8,33)34)23-14-13-21(36-6)16-24(23)37-7/h10-16,22H,9,17-18H2,1-8H3,(H,28,32)/t22-/m1/s1. The number of nitrogens with zero attached hydrogens (tertiary/aromatic N) is 2. The molecule has 2 rings (SSSR count). The number of carbonyl (C=O) groups excluding carboxylic acids is 2. The average molecular weight is 550 g/mol. The van der Waals surface area contributed by atoms with Gasteiger partial charge in [0.25, 0.3) is 0 Å². The Morgan fingerprint density at radius 1 is 0.974 bits per heavy atom. The van der Waals surface area contributed by atoms with Crippen LogP contribution >= 0.6 is 0 Å². The third kappa shape index (κ3) is 8.27. The van der Waals surface area contributed by atoms with Gasteiger partial charge in [0.05, 0.1) is 33.3 Å². The lowest BCUT2D eigenvalue weighted by atomic mass is 10.1. The number of sulfonamides is 1. The van der Waals surface area contributed by atoms with Crippen LogP contribution in [0.4, 0.5) is 5.69 Å². The van der Waals surface area contributed by atoms with Crippen molar-refractivity contribution in [2.75, 3.05) is 38.4 Å². The van der Waals surface area contributed by atoms with E-state index in [0.29, 0.717) is 17.9 Å². The molecule has 0 saturated carbocycles. The van der Waals surface area contributed by atoms with Crippen LogP contribution in [0.5, 0.6) is 17.2 Å². The van der Waals surface area contributed by atoms with E-state index in [1.165, 1.54) is 31.3 Å². The minimum atomic E-state index is -3.92. The van der Waals surface area contributed by atoms with Gasteiger partial charge in [0, 0.05) is 18.2 Å². The predicted molar refractivity (Wildman–Crippen MR) is 147 cm³/mol. The smallest absolute Gasteiger partial charge is 0.244 e. The molecule has 10 nitrogen and oxygen atoms in total. The summed E-state index contributed by atoms with van der Waals surface area (Å²) >= 11 is 0. The number of amides is 2. The van der Waals surface area contributed by atoms with Gasteiger partial charge >= 0.3 is 0 Å². The van der Waals surface area contributed by atoms with E-state index in [1.807, 2.05) is 26.8 Å². The van der Waals surface area contributed by atoms with Gasteiger partial charge in [-0.1, -0.05) is 19.1 Å². The van der Waals surface area contributed by atoms with Crippen molar-refractivity contribution >= 4 is 27.5 Å². The van der Waals surface area contributed by atoms with Crippen LogP contribution in [-0.4, -0.2) is 70.8 Å². The third-order valence-corrected chi connectivity index (χ3v) is 6.83. The van der Waals surface area contributed by atoms with Gasteiger partial charge in [-0.3, -0.25) is 13.9 Å². The Balaban J connectivity index is 2.54. The number of nitrogens with one attached hydrogen (secondary N) is 1. The van der Waals surface area contributed by atoms with E-state index in [0.717, 1.165) is 16.1 Å². The summed E-state index contributed by atoms with van der Waals surface area (Å²) < 4.78 is 42.7. The van der Waals surface area contributed by atoms with Crippen molar-refractivity contribution in [2.24, 2.45) is 0 Å². The van der Waals surface area contributed by atoms with Gasteiger partial charge in [0.15, 0.2) is 0 Å². The van der Waals surface area contributed by atoms with Gasteiger partial charge in [0.1, 0.15) is 29.8 Å². The van der Waals surface area contributed by atoms with Gasteiger partial charge in [0.2, 0.25) is 21.8 Å². The summed E-state index contributed by atoms with van der Waals surface area (Å²) in [4.78, 5) is 28.6. The summed E-state index contributed by atoms with van der Waals surface area (Å²) in [5.74, 6) is 0.411. The van der Waals surface area contributed by atoms with Crippen LogP contribution in [0.25, 0.3) is 0 Å². The Bertz CT molecular complexity index is 1230. The van der Waals surface area contributed by atoms with Crippen molar-refractivity contribution in [1.82, 2.24) is 10.2 Å². The van der Waals surface area contributed by atoms with Crippen molar-refractivity contribution < 1.29 is 32.2 Å². The van der Waals surface area contributed by atoms with E-state index in [4.69, 9.17) is 14.2 Å². The van der Waals surface area contributed by atoms with Crippen LogP contribution in [0.15, 0.2) is 42.5 Å². The molecule has 0 heterocycles. The molecule has 2 aromatic carbocycles. The molecule has 2 amide bonds. The molecule has 210 valence electrons. The SMILES string of the molecule is CC[C@H](C(=O)NC(C)(C)C)N(Cc1cccc(OC)c1)C(=O)CN(c1ccc(OC)cc1OC)S(C)(=O)=O. The topological polar surface area (TPSA) is 114 Å². The first-order valence-corrected chi connectivity index (χ1v) is 14.0. The zero-order chi connectivity index (χ0) is 28.7. The van der Waals surface area contributed by atoms with Crippen LogP contribution in [0.1, 0.15) is 39.7 Å². The minimum absolute atomic E-state index is 0.0729. The Labute approximate surface area is 225 Å². The maximum atomic E-state index is 13.9. The second kappa shape index (κ2) is 12.9. The molecule has 1 N–H and O–H groups in total. The molecule has 0 aromatic heterocycles. The van der Waals surface area contributed by atoms with Crippen LogP contribution in [0.3, 0.4) is 0 Å². The Hall–Kier alpha value is -3.47. The first-order valence-electron chi connectivity index (χ1n) is 12.2. The van der Waals surface area contributed by atoms with Crippen molar-refractivity contribution in [3.8, 4) is 17.2 Å². The fourth-order valence-corrected chi connectivity index (χ4v) is 4.78. The fourth-order valence-electron chi connectivity index (χ4n) is 3.93. The second-order valence-electron chi connectivity index (χ2n) is 9.84. The fraction of sp³-hybridized carbons (Fsp3) is 0.481. The number of anilines is 1. The van der Waals surface area contributed by atoms with E-state index >= 15 is 0 Å². The van der Waals surface area contributed by atoms with Crippen LogP contribution in [0, 0.1) is 0 Å². The molecule has 11 heteroatoms. The monoisotopic (exact) mass is 549 g/mol. The molecule has 38 heavy (non-hydrogen) atoms. The van der Waals surface area contributed by atoms with Crippen molar-refractivity contribution in [1.29, 1.82) is 0 Å². The van der Waals surface area contributed by atoms with Gasteiger partial charge in [-0.15, -0.1) is 0 Å².